The summed E-state index contributed by atoms with van der Waals surface area (Å²) < 4.78 is 0. The van der Waals surface area contributed by atoms with Gasteiger partial charge in [0.2, 0.25) is 0 Å². The molecule has 0 aliphatic carbocycles. The van der Waals surface area contributed by atoms with Crippen LogP contribution in [0, 0.1) is 20.8 Å². The Bertz CT molecular complexity index is 519. The maximum Gasteiger partial charge on any atom is 0.0391 e. The third-order valence-corrected chi connectivity index (χ3v) is 4.70. The standard InChI is InChI=1S/C17H23NS/c1-11-9-12(2)17(13(3)10-11)15(5)18-14(4)16-7-6-8-19-16/h6-10,14-15,18H,1-5H3/t14-,15?/m1/s1. The van der Waals surface area contributed by atoms with Crippen molar-refractivity contribution in [2.45, 2.75) is 46.7 Å². The van der Waals surface area contributed by atoms with Crippen molar-refractivity contribution in [1.82, 2.24) is 5.32 Å². The molecule has 1 N–H and O–H groups in total. The third-order valence-electron chi connectivity index (χ3n) is 3.64. The molecule has 1 aromatic heterocycles. The predicted molar refractivity (Wildman–Crippen MR) is 84.9 cm³/mol. The molecule has 2 aromatic rings. The van der Waals surface area contributed by atoms with E-state index in [-0.39, 0.29) is 0 Å². The molecule has 0 saturated heterocycles. The van der Waals surface area contributed by atoms with Gasteiger partial charge in [-0.2, -0.15) is 0 Å². The molecule has 2 rings (SSSR count). The highest BCUT2D eigenvalue weighted by Gasteiger charge is 2.15. The zero-order chi connectivity index (χ0) is 14.0. The van der Waals surface area contributed by atoms with Gasteiger partial charge >= 0.3 is 0 Å². The molecule has 1 unspecified atom stereocenters. The second-order valence-corrected chi connectivity index (χ2v) is 6.42. The minimum Gasteiger partial charge on any atom is -0.303 e. The van der Waals surface area contributed by atoms with Gasteiger partial charge in [-0.3, -0.25) is 0 Å². The van der Waals surface area contributed by atoms with E-state index < -0.39 is 0 Å². The van der Waals surface area contributed by atoms with Gasteiger partial charge in [-0.1, -0.05) is 23.8 Å². The van der Waals surface area contributed by atoms with Crippen LogP contribution in [0.15, 0.2) is 29.6 Å². The summed E-state index contributed by atoms with van der Waals surface area (Å²) in [4.78, 5) is 1.40. The average molecular weight is 273 g/mol. The van der Waals surface area contributed by atoms with Crippen molar-refractivity contribution >= 4 is 11.3 Å². The van der Waals surface area contributed by atoms with Crippen LogP contribution in [0.3, 0.4) is 0 Å². The highest BCUT2D eigenvalue weighted by atomic mass is 32.1. The molecule has 1 nitrogen and oxygen atoms in total. The van der Waals surface area contributed by atoms with Crippen molar-refractivity contribution in [2.24, 2.45) is 0 Å². The molecule has 0 aliphatic rings. The van der Waals surface area contributed by atoms with Crippen molar-refractivity contribution in [3.05, 3.63) is 56.8 Å². The molecule has 0 aliphatic heterocycles. The van der Waals surface area contributed by atoms with Crippen LogP contribution in [0.5, 0.6) is 0 Å². The van der Waals surface area contributed by atoms with Gasteiger partial charge in [0.05, 0.1) is 0 Å². The van der Waals surface area contributed by atoms with Crippen molar-refractivity contribution in [3.8, 4) is 0 Å². The molecule has 0 fully saturated rings. The van der Waals surface area contributed by atoms with Crippen molar-refractivity contribution in [1.29, 1.82) is 0 Å². The second kappa shape index (κ2) is 5.89. The van der Waals surface area contributed by atoms with Gasteiger partial charge in [-0.15, -0.1) is 11.3 Å². The monoisotopic (exact) mass is 273 g/mol. The maximum absolute atomic E-state index is 3.71. The summed E-state index contributed by atoms with van der Waals surface area (Å²) >= 11 is 1.82. The molecule has 0 bridgehead atoms. The predicted octanol–water partition coefficient (Wildman–Crippen LogP) is 5.09. The molecule has 0 amide bonds. The van der Waals surface area contributed by atoms with E-state index in [1.807, 2.05) is 11.3 Å². The summed E-state index contributed by atoms with van der Waals surface area (Å²) in [7, 11) is 0. The van der Waals surface area contributed by atoms with Gasteiger partial charge in [0, 0.05) is 17.0 Å². The Labute approximate surface area is 120 Å². The quantitative estimate of drug-likeness (QED) is 0.818. The lowest BCUT2D eigenvalue weighted by Gasteiger charge is -2.23. The first-order chi connectivity index (χ1) is 8.99. The van der Waals surface area contributed by atoms with E-state index >= 15 is 0 Å². The molecule has 0 saturated carbocycles. The molecule has 2 heteroatoms. The number of aryl methyl sites for hydroxylation is 3. The number of hydrogen-bond donors (Lipinski definition) is 1. The maximum atomic E-state index is 3.71. The van der Waals surface area contributed by atoms with Gasteiger partial charge in [0.25, 0.3) is 0 Å². The van der Waals surface area contributed by atoms with E-state index in [4.69, 9.17) is 0 Å². The van der Waals surface area contributed by atoms with E-state index in [2.05, 4.69) is 69.6 Å². The van der Waals surface area contributed by atoms with Gasteiger partial charge in [-0.25, -0.2) is 0 Å². The lowest BCUT2D eigenvalue weighted by Crippen LogP contribution is -2.23. The fraction of sp³-hybridized carbons (Fsp3) is 0.412. The minimum absolute atomic E-state index is 0.373. The van der Waals surface area contributed by atoms with Crippen LogP contribution in [-0.4, -0.2) is 0 Å². The van der Waals surface area contributed by atoms with E-state index in [1.54, 1.807) is 0 Å². The first-order valence-electron chi connectivity index (χ1n) is 6.86. The van der Waals surface area contributed by atoms with Crippen molar-refractivity contribution in [3.63, 3.8) is 0 Å². The van der Waals surface area contributed by atoms with Crippen LogP contribution in [0.4, 0.5) is 0 Å². The molecule has 2 atom stereocenters. The number of benzene rings is 1. The Morgan fingerprint density at radius 3 is 2.16 bits per heavy atom. The van der Waals surface area contributed by atoms with E-state index in [9.17, 15) is 0 Å². The summed E-state index contributed by atoms with van der Waals surface area (Å²) in [5.41, 5.74) is 5.55. The highest BCUT2D eigenvalue weighted by Crippen LogP contribution is 2.27. The normalized spacial score (nSPS) is 14.4. The van der Waals surface area contributed by atoms with Gasteiger partial charge in [-0.05, 0) is 62.8 Å². The molecule has 0 radical (unpaired) electrons. The van der Waals surface area contributed by atoms with Crippen LogP contribution < -0.4 is 5.32 Å². The van der Waals surface area contributed by atoms with E-state index in [0.717, 1.165) is 0 Å². The largest absolute Gasteiger partial charge is 0.303 e. The van der Waals surface area contributed by atoms with Gasteiger partial charge in [0.1, 0.15) is 0 Å². The Morgan fingerprint density at radius 2 is 1.63 bits per heavy atom. The molecule has 102 valence electrons. The smallest absolute Gasteiger partial charge is 0.0391 e. The molecule has 1 heterocycles. The molecule has 1 aromatic carbocycles. The Kier molecular flexibility index (Phi) is 4.43. The summed E-state index contributed by atoms with van der Waals surface area (Å²) in [6, 6.07) is 9.63. The number of nitrogens with one attached hydrogen (secondary N) is 1. The lowest BCUT2D eigenvalue weighted by molar-refractivity contribution is 0.497. The Balaban J connectivity index is 2.18. The van der Waals surface area contributed by atoms with Crippen LogP contribution in [0.2, 0.25) is 0 Å². The average Bonchev–Trinajstić information content (AvgIpc) is 2.80. The van der Waals surface area contributed by atoms with Crippen LogP contribution in [0.1, 0.15) is 53.1 Å². The first-order valence-corrected chi connectivity index (χ1v) is 7.74. The summed E-state index contributed by atoms with van der Waals surface area (Å²) in [5.74, 6) is 0. The number of rotatable bonds is 4. The summed E-state index contributed by atoms with van der Waals surface area (Å²) in [5, 5.41) is 5.85. The minimum atomic E-state index is 0.373. The van der Waals surface area contributed by atoms with Crippen molar-refractivity contribution in [2.75, 3.05) is 0 Å². The zero-order valence-electron chi connectivity index (χ0n) is 12.4. The number of hydrogen-bond acceptors (Lipinski definition) is 2. The van der Waals surface area contributed by atoms with Crippen molar-refractivity contribution < 1.29 is 0 Å². The fourth-order valence-corrected chi connectivity index (χ4v) is 3.70. The zero-order valence-corrected chi connectivity index (χ0v) is 13.3. The highest BCUT2D eigenvalue weighted by molar-refractivity contribution is 7.10. The van der Waals surface area contributed by atoms with Gasteiger partial charge in [0.15, 0.2) is 0 Å². The van der Waals surface area contributed by atoms with E-state index in [0.29, 0.717) is 12.1 Å². The second-order valence-electron chi connectivity index (χ2n) is 5.44. The molecule has 0 spiro atoms. The molecular formula is C17H23NS. The fourth-order valence-electron chi connectivity index (χ4n) is 2.95. The Morgan fingerprint density at radius 1 is 1.00 bits per heavy atom. The molecular weight excluding hydrogens is 250 g/mol. The van der Waals surface area contributed by atoms with Crippen LogP contribution in [-0.2, 0) is 0 Å². The SMILES string of the molecule is Cc1cc(C)c(C(C)N[C@H](C)c2cccs2)c(C)c1. The molecule has 19 heavy (non-hydrogen) atoms. The lowest BCUT2D eigenvalue weighted by atomic mass is 9.94. The first kappa shape index (κ1) is 14.3. The Hall–Kier alpha value is -1.12. The van der Waals surface area contributed by atoms with Crippen LogP contribution >= 0.6 is 11.3 Å². The summed E-state index contributed by atoms with van der Waals surface area (Å²) in [6.07, 6.45) is 0. The van der Waals surface area contributed by atoms with Gasteiger partial charge < -0.3 is 5.32 Å². The summed E-state index contributed by atoms with van der Waals surface area (Å²) in [6.45, 7) is 11.1. The van der Waals surface area contributed by atoms with E-state index in [1.165, 1.54) is 27.1 Å². The number of thiophene rings is 1. The van der Waals surface area contributed by atoms with Crippen LogP contribution in [0.25, 0.3) is 0 Å². The topological polar surface area (TPSA) is 12.0 Å². The third kappa shape index (κ3) is 3.26.